The van der Waals surface area contributed by atoms with Crippen LogP contribution in [0.25, 0.3) is 33.7 Å². The Hall–Kier alpha value is -4.34. The molecule has 0 spiro atoms. The number of nitrogens with zero attached hydrogens (tertiary/aromatic N) is 7. The molecule has 0 atom stereocenters. The number of aromatic nitrogens is 8. The van der Waals surface area contributed by atoms with E-state index in [2.05, 4.69) is 65.7 Å². The number of aromatic amines is 1. The van der Waals surface area contributed by atoms with Gasteiger partial charge >= 0.3 is 5.69 Å². The maximum atomic E-state index is 13.7. The average Bonchev–Trinajstić information content (AvgIpc) is 3.43. The third-order valence-electron chi connectivity index (χ3n) is 7.27. The molecule has 0 amide bonds. The van der Waals surface area contributed by atoms with Crippen molar-refractivity contribution in [3.05, 3.63) is 80.8 Å². The van der Waals surface area contributed by atoms with E-state index in [9.17, 15) is 9.59 Å². The first-order valence-electron chi connectivity index (χ1n) is 13.3. The van der Waals surface area contributed by atoms with Gasteiger partial charge < -0.3 is 4.57 Å². The van der Waals surface area contributed by atoms with Crippen molar-refractivity contribution in [2.24, 2.45) is 18.4 Å². The zero-order chi connectivity index (χ0) is 27.3. The first kappa shape index (κ1) is 25.0. The van der Waals surface area contributed by atoms with Gasteiger partial charge in [0, 0.05) is 32.1 Å². The SMILES string of the molecule is Cn1c(=O)n(CC2CC2)c(=O)c2c1nc(CC(C)(C)C)n2Cc1ccc(-c2ccccc2-c2nnn[nH]2)cc1. The fourth-order valence-corrected chi connectivity index (χ4v) is 5.10. The minimum absolute atomic E-state index is 0.0475. The number of tetrazole rings is 1. The molecule has 1 aliphatic rings. The van der Waals surface area contributed by atoms with Crippen LogP contribution in [0, 0.1) is 11.3 Å². The van der Waals surface area contributed by atoms with Crippen molar-refractivity contribution in [1.29, 1.82) is 0 Å². The molecule has 10 heteroatoms. The molecule has 0 unspecified atom stereocenters. The predicted molar refractivity (Wildman–Crippen MR) is 149 cm³/mol. The number of hydrogen-bond donors (Lipinski definition) is 1. The number of rotatable bonds is 7. The van der Waals surface area contributed by atoms with E-state index in [1.54, 1.807) is 7.05 Å². The monoisotopic (exact) mass is 524 g/mol. The molecule has 1 aliphatic carbocycles. The average molecular weight is 525 g/mol. The molecule has 1 fully saturated rings. The van der Waals surface area contributed by atoms with Crippen molar-refractivity contribution in [3.63, 3.8) is 0 Å². The van der Waals surface area contributed by atoms with Crippen LogP contribution in [-0.2, 0) is 26.6 Å². The van der Waals surface area contributed by atoms with Crippen molar-refractivity contribution < 1.29 is 0 Å². The van der Waals surface area contributed by atoms with Crippen molar-refractivity contribution in [2.45, 2.75) is 53.1 Å². The number of hydrogen-bond acceptors (Lipinski definition) is 6. The molecule has 0 aliphatic heterocycles. The second-order valence-electron chi connectivity index (χ2n) is 11.7. The molecule has 39 heavy (non-hydrogen) atoms. The number of imidazole rings is 1. The molecule has 0 radical (unpaired) electrons. The van der Waals surface area contributed by atoms with Gasteiger partial charge in [0.15, 0.2) is 17.0 Å². The first-order valence-corrected chi connectivity index (χ1v) is 13.3. The van der Waals surface area contributed by atoms with E-state index in [-0.39, 0.29) is 16.7 Å². The minimum Gasteiger partial charge on any atom is -0.318 e. The second-order valence-corrected chi connectivity index (χ2v) is 11.7. The molecule has 10 nitrogen and oxygen atoms in total. The molecule has 3 heterocycles. The summed E-state index contributed by atoms with van der Waals surface area (Å²) in [5.41, 5.74) is 4.34. The van der Waals surface area contributed by atoms with E-state index in [1.165, 1.54) is 9.13 Å². The maximum Gasteiger partial charge on any atom is 0.332 e. The third kappa shape index (κ3) is 4.82. The summed E-state index contributed by atoms with van der Waals surface area (Å²) in [6, 6.07) is 16.3. The van der Waals surface area contributed by atoms with E-state index in [0.717, 1.165) is 40.9 Å². The molecule has 1 saturated carbocycles. The molecule has 200 valence electrons. The smallest absolute Gasteiger partial charge is 0.318 e. The summed E-state index contributed by atoms with van der Waals surface area (Å²) in [6.45, 7) is 7.40. The lowest BCUT2D eigenvalue weighted by Crippen LogP contribution is -2.40. The van der Waals surface area contributed by atoms with Gasteiger partial charge in [-0.25, -0.2) is 14.9 Å². The van der Waals surface area contributed by atoms with Crippen LogP contribution in [-0.4, -0.2) is 39.3 Å². The number of aryl methyl sites for hydroxylation is 1. The summed E-state index contributed by atoms with van der Waals surface area (Å²) in [7, 11) is 1.71. The molecule has 5 aromatic rings. The van der Waals surface area contributed by atoms with Gasteiger partial charge in [0.05, 0.1) is 0 Å². The van der Waals surface area contributed by atoms with Gasteiger partial charge in [-0.05, 0) is 51.3 Å². The Morgan fingerprint density at radius 3 is 2.33 bits per heavy atom. The third-order valence-corrected chi connectivity index (χ3v) is 7.27. The van der Waals surface area contributed by atoms with Gasteiger partial charge in [-0.2, -0.15) is 0 Å². The Balaban J connectivity index is 1.42. The summed E-state index contributed by atoms with van der Waals surface area (Å²) < 4.78 is 4.94. The number of nitrogens with one attached hydrogen (secondary N) is 1. The van der Waals surface area contributed by atoms with Crippen molar-refractivity contribution in [3.8, 4) is 22.5 Å². The second kappa shape index (κ2) is 9.44. The number of fused-ring (bicyclic) bond motifs is 1. The highest BCUT2D eigenvalue weighted by atomic mass is 16.2. The molecule has 0 saturated heterocycles. The van der Waals surface area contributed by atoms with Crippen LogP contribution in [0.3, 0.4) is 0 Å². The molecular weight excluding hydrogens is 492 g/mol. The Bertz CT molecular complexity index is 1770. The Kier molecular flexibility index (Phi) is 6.05. The van der Waals surface area contributed by atoms with Gasteiger partial charge in [-0.1, -0.05) is 69.3 Å². The zero-order valence-electron chi connectivity index (χ0n) is 22.7. The van der Waals surface area contributed by atoms with Crippen LogP contribution in [0.5, 0.6) is 0 Å². The zero-order valence-corrected chi connectivity index (χ0v) is 22.7. The quantitative estimate of drug-likeness (QED) is 0.346. The Morgan fingerprint density at radius 2 is 1.69 bits per heavy atom. The molecule has 2 aromatic carbocycles. The number of H-pyrrole nitrogens is 1. The molecular formula is C29H32N8O2. The lowest BCUT2D eigenvalue weighted by Gasteiger charge is -2.19. The summed E-state index contributed by atoms with van der Waals surface area (Å²) >= 11 is 0. The van der Waals surface area contributed by atoms with Crippen LogP contribution >= 0.6 is 0 Å². The molecule has 3 aromatic heterocycles. The standard InChI is InChI=1S/C29H32N8O2/c1-29(2,3)15-23-30-26-24(27(38)37(17-18-9-10-18)28(39)35(26)4)36(23)16-19-11-13-20(14-12-19)21-7-5-6-8-22(21)25-31-33-34-32-25/h5-8,11-14,18H,9-10,15-17H2,1-4H3,(H,31,32,33,34). The van der Waals surface area contributed by atoms with Crippen LogP contribution in [0.15, 0.2) is 58.1 Å². The van der Waals surface area contributed by atoms with E-state index in [1.807, 2.05) is 28.8 Å². The van der Waals surface area contributed by atoms with Gasteiger partial charge in [0.2, 0.25) is 0 Å². The van der Waals surface area contributed by atoms with Gasteiger partial charge in [0.1, 0.15) is 5.82 Å². The van der Waals surface area contributed by atoms with E-state index in [0.29, 0.717) is 42.4 Å². The largest absolute Gasteiger partial charge is 0.332 e. The van der Waals surface area contributed by atoms with Gasteiger partial charge in [-0.15, -0.1) is 5.10 Å². The van der Waals surface area contributed by atoms with Crippen LogP contribution in [0.4, 0.5) is 0 Å². The van der Waals surface area contributed by atoms with E-state index < -0.39 is 0 Å². The normalized spacial score (nSPS) is 13.8. The highest BCUT2D eigenvalue weighted by Crippen LogP contribution is 2.31. The van der Waals surface area contributed by atoms with Crippen LogP contribution in [0.2, 0.25) is 0 Å². The predicted octanol–water partition coefficient (Wildman–Crippen LogP) is 3.79. The molecule has 6 rings (SSSR count). The highest BCUT2D eigenvalue weighted by Gasteiger charge is 2.27. The fourth-order valence-electron chi connectivity index (χ4n) is 5.10. The Labute approximate surface area is 225 Å². The summed E-state index contributed by atoms with van der Waals surface area (Å²) in [5.74, 6) is 1.82. The summed E-state index contributed by atoms with van der Waals surface area (Å²) in [5, 5.41) is 14.3. The lowest BCUT2D eigenvalue weighted by atomic mass is 9.92. The van der Waals surface area contributed by atoms with E-state index >= 15 is 0 Å². The highest BCUT2D eigenvalue weighted by molar-refractivity contribution is 5.80. The maximum absolute atomic E-state index is 13.7. The van der Waals surface area contributed by atoms with Gasteiger partial charge in [-0.3, -0.25) is 13.9 Å². The van der Waals surface area contributed by atoms with Crippen molar-refractivity contribution in [2.75, 3.05) is 0 Å². The summed E-state index contributed by atoms with van der Waals surface area (Å²) in [4.78, 5) is 31.6. The lowest BCUT2D eigenvalue weighted by molar-refractivity contribution is 0.394. The van der Waals surface area contributed by atoms with Crippen molar-refractivity contribution >= 4 is 11.2 Å². The molecule has 0 bridgehead atoms. The van der Waals surface area contributed by atoms with Crippen LogP contribution < -0.4 is 11.2 Å². The van der Waals surface area contributed by atoms with Crippen molar-refractivity contribution in [1.82, 2.24) is 39.3 Å². The topological polar surface area (TPSA) is 116 Å². The minimum atomic E-state index is -0.295. The summed E-state index contributed by atoms with van der Waals surface area (Å²) in [6.07, 6.45) is 2.80. The first-order chi connectivity index (χ1) is 18.7. The van der Waals surface area contributed by atoms with Crippen LogP contribution in [0.1, 0.15) is 45.0 Å². The van der Waals surface area contributed by atoms with E-state index in [4.69, 9.17) is 4.98 Å². The van der Waals surface area contributed by atoms with Gasteiger partial charge in [0.25, 0.3) is 5.56 Å². The Morgan fingerprint density at radius 1 is 0.974 bits per heavy atom. The number of benzene rings is 2. The fraction of sp³-hybridized carbons (Fsp3) is 0.379. The molecule has 1 N–H and O–H groups in total.